The van der Waals surface area contributed by atoms with Gasteiger partial charge in [0.1, 0.15) is 10.7 Å². The summed E-state index contributed by atoms with van der Waals surface area (Å²) in [4.78, 5) is 39.6. The van der Waals surface area contributed by atoms with Crippen LogP contribution in [-0.4, -0.2) is 17.7 Å². The molecule has 172 valence electrons. The van der Waals surface area contributed by atoms with E-state index in [9.17, 15) is 14.4 Å². The van der Waals surface area contributed by atoms with Gasteiger partial charge >= 0.3 is 0 Å². The average Bonchev–Trinajstić information content (AvgIpc) is 3.00. The van der Waals surface area contributed by atoms with Crippen LogP contribution in [0.5, 0.6) is 0 Å². The van der Waals surface area contributed by atoms with Crippen LogP contribution in [0.1, 0.15) is 21.5 Å². The van der Waals surface area contributed by atoms with Gasteiger partial charge in [-0.05, 0) is 73.5 Å². The molecule has 0 spiro atoms. The van der Waals surface area contributed by atoms with Crippen LogP contribution < -0.4 is 15.5 Å². The maximum absolute atomic E-state index is 13.0. The van der Waals surface area contributed by atoms with Crippen molar-refractivity contribution >= 4 is 69.6 Å². The Balaban J connectivity index is 1.59. The lowest BCUT2D eigenvalue weighted by molar-refractivity contribution is -0.120. The van der Waals surface area contributed by atoms with Gasteiger partial charge in [-0.25, -0.2) is 4.90 Å². The number of rotatable bonds is 5. The van der Waals surface area contributed by atoms with Crippen LogP contribution in [0.25, 0.3) is 0 Å². The molecule has 0 fully saturated rings. The fourth-order valence-electron chi connectivity index (χ4n) is 3.46. The summed E-state index contributed by atoms with van der Waals surface area (Å²) < 4.78 is 0. The fraction of sp³-hybridized carbons (Fsp3) is 0.0800. The molecule has 0 unspecified atom stereocenters. The minimum atomic E-state index is -0.666. The van der Waals surface area contributed by atoms with Crippen molar-refractivity contribution in [2.24, 2.45) is 0 Å². The molecule has 0 saturated heterocycles. The Bertz CT molecular complexity index is 1380. The minimum absolute atomic E-state index is 0.0825. The first kappa shape index (κ1) is 23.8. The molecule has 6 nitrogen and oxygen atoms in total. The molecule has 0 radical (unpaired) electrons. The van der Waals surface area contributed by atoms with Crippen molar-refractivity contribution in [2.45, 2.75) is 13.8 Å². The Morgan fingerprint density at radius 2 is 1.53 bits per heavy atom. The molecule has 3 aromatic carbocycles. The molecule has 1 aliphatic heterocycles. The molecule has 0 saturated carbocycles. The maximum Gasteiger partial charge on any atom is 0.283 e. The highest BCUT2D eigenvalue weighted by molar-refractivity contribution is 6.53. The zero-order chi connectivity index (χ0) is 24.6. The first-order valence-corrected chi connectivity index (χ1v) is 11.3. The predicted octanol–water partition coefficient (Wildman–Crippen LogP) is 6.30. The van der Waals surface area contributed by atoms with Crippen molar-refractivity contribution in [1.29, 1.82) is 0 Å². The lowest BCUT2D eigenvalue weighted by Gasteiger charge is -2.16. The lowest BCUT2D eigenvalue weighted by atomic mass is 10.1. The van der Waals surface area contributed by atoms with Gasteiger partial charge in [0.15, 0.2) is 0 Å². The number of carbonyl (C=O) groups is 3. The zero-order valence-corrected chi connectivity index (χ0v) is 20.3. The van der Waals surface area contributed by atoms with E-state index in [4.69, 9.17) is 34.8 Å². The van der Waals surface area contributed by atoms with Crippen molar-refractivity contribution in [3.63, 3.8) is 0 Å². The molecule has 0 aromatic heterocycles. The molecule has 9 heteroatoms. The monoisotopic (exact) mass is 513 g/mol. The van der Waals surface area contributed by atoms with Crippen LogP contribution in [0.3, 0.4) is 0 Å². The molecule has 3 aromatic rings. The first-order chi connectivity index (χ1) is 16.2. The SMILES string of the molecule is Cc1cc(Cl)ccc1NC(=O)c1ccc(C)c(NC2=C(Cl)C(=O)N(c3cccc(Cl)c3)C2=O)c1. The number of benzene rings is 3. The van der Waals surface area contributed by atoms with Crippen LogP contribution in [0.2, 0.25) is 10.0 Å². The molecule has 0 bridgehead atoms. The average molecular weight is 515 g/mol. The largest absolute Gasteiger partial charge is 0.349 e. The summed E-state index contributed by atoms with van der Waals surface area (Å²) in [6.07, 6.45) is 0. The van der Waals surface area contributed by atoms with Crippen LogP contribution in [0, 0.1) is 13.8 Å². The van der Waals surface area contributed by atoms with Gasteiger partial charge in [0.25, 0.3) is 17.7 Å². The van der Waals surface area contributed by atoms with E-state index in [1.807, 2.05) is 6.92 Å². The molecule has 0 aliphatic carbocycles. The molecule has 4 rings (SSSR count). The van der Waals surface area contributed by atoms with E-state index in [1.165, 1.54) is 6.07 Å². The number of imide groups is 1. The third kappa shape index (κ3) is 4.66. The number of halogens is 3. The van der Waals surface area contributed by atoms with Crippen molar-refractivity contribution < 1.29 is 14.4 Å². The van der Waals surface area contributed by atoms with Gasteiger partial charge in [0.05, 0.1) is 5.69 Å². The fourth-order valence-corrected chi connectivity index (χ4v) is 4.08. The van der Waals surface area contributed by atoms with Crippen LogP contribution in [0.15, 0.2) is 71.4 Å². The molecular formula is C25H18Cl3N3O3. The topological polar surface area (TPSA) is 78.5 Å². The number of aryl methyl sites for hydroxylation is 2. The molecule has 3 amide bonds. The molecular weight excluding hydrogens is 497 g/mol. The highest BCUT2D eigenvalue weighted by Gasteiger charge is 2.39. The van der Waals surface area contributed by atoms with Gasteiger partial charge in [-0.15, -0.1) is 0 Å². The normalized spacial score (nSPS) is 13.5. The zero-order valence-electron chi connectivity index (χ0n) is 18.1. The molecule has 2 N–H and O–H groups in total. The number of hydrogen-bond acceptors (Lipinski definition) is 4. The Hall–Kier alpha value is -3.32. The lowest BCUT2D eigenvalue weighted by Crippen LogP contribution is -2.32. The third-order valence-electron chi connectivity index (χ3n) is 5.29. The van der Waals surface area contributed by atoms with Gasteiger partial charge in [-0.1, -0.05) is 46.9 Å². The van der Waals surface area contributed by atoms with E-state index in [1.54, 1.807) is 61.5 Å². The molecule has 0 atom stereocenters. The highest BCUT2D eigenvalue weighted by atomic mass is 35.5. The van der Waals surface area contributed by atoms with E-state index >= 15 is 0 Å². The summed E-state index contributed by atoms with van der Waals surface area (Å²) in [6, 6.07) is 16.5. The second kappa shape index (κ2) is 9.50. The quantitative estimate of drug-likeness (QED) is 0.392. The summed E-state index contributed by atoms with van der Waals surface area (Å²) in [5.41, 5.74) is 3.23. The number of carbonyl (C=O) groups excluding carboxylic acids is 3. The second-order valence-electron chi connectivity index (χ2n) is 7.68. The van der Waals surface area contributed by atoms with E-state index < -0.39 is 11.8 Å². The number of anilines is 3. The molecule has 34 heavy (non-hydrogen) atoms. The van der Waals surface area contributed by atoms with Crippen molar-refractivity contribution in [2.75, 3.05) is 15.5 Å². The van der Waals surface area contributed by atoms with E-state index in [0.29, 0.717) is 32.7 Å². The number of nitrogens with zero attached hydrogens (tertiary/aromatic N) is 1. The number of hydrogen-bond donors (Lipinski definition) is 2. The third-order valence-corrected chi connectivity index (χ3v) is 6.11. The molecule has 1 aliphatic rings. The van der Waals surface area contributed by atoms with Crippen molar-refractivity contribution in [3.05, 3.63) is 98.1 Å². The van der Waals surface area contributed by atoms with Crippen LogP contribution in [0.4, 0.5) is 17.1 Å². The summed E-state index contributed by atoms with van der Waals surface area (Å²) >= 11 is 18.2. The summed E-state index contributed by atoms with van der Waals surface area (Å²) in [6.45, 7) is 3.64. The Labute approximate surface area is 211 Å². The van der Waals surface area contributed by atoms with Crippen molar-refractivity contribution in [3.8, 4) is 0 Å². The Morgan fingerprint density at radius 3 is 2.24 bits per heavy atom. The maximum atomic E-state index is 13.0. The van der Waals surface area contributed by atoms with Gasteiger partial charge in [0.2, 0.25) is 0 Å². The van der Waals surface area contributed by atoms with Gasteiger partial charge in [-0.2, -0.15) is 0 Å². The minimum Gasteiger partial charge on any atom is -0.349 e. The number of amides is 3. The number of nitrogens with one attached hydrogen (secondary N) is 2. The summed E-state index contributed by atoms with van der Waals surface area (Å²) in [7, 11) is 0. The molecule has 1 heterocycles. The smallest absolute Gasteiger partial charge is 0.283 e. The van der Waals surface area contributed by atoms with Gasteiger partial charge in [0, 0.05) is 27.0 Å². The van der Waals surface area contributed by atoms with E-state index in [2.05, 4.69) is 10.6 Å². The summed E-state index contributed by atoms with van der Waals surface area (Å²) in [5, 5.41) is 6.48. The predicted molar refractivity (Wildman–Crippen MR) is 136 cm³/mol. The standard InChI is InChI=1S/C25H18Cl3N3O3/c1-13-6-7-15(23(32)30-19-9-8-17(27)10-14(19)2)11-20(13)29-22-21(28)24(33)31(25(22)34)18-5-3-4-16(26)12-18/h3-12,29H,1-2H3,(H,30,32). The van der Waals surface area contributed by atoms with E-state index in [-0.39, 0.29) is 16.6 Å². The van der Waals surface area contributed by atoms with Crippen LogP contribution in [-0.2, 0) is 9.59 Å². The van der Waals surface area contributed by atoms with Gasteiger partial charge in [-0.3, -0.25) is 14.4 Å². The summed E-state index contributed by atoms with van der Waals surface area (Å²) in [5.74, 6) is -1.63. The second-order valence-corrected chi connectivity index (χ2v) is 8.93. The highest BCUT2D eigenvalue weighted by Crippen LogP contribution is 2.32. The Morgan fingerprint density at radius 1 is 0.794 bits per heavy atom. The first-order valence-electron chi connectivity index (χ1n) is 10.1. The van der Waals surface area contributed by atoms with Crippen LogP contribution >= 0.6 is 34.8 Å². The van der Waals surface area contributed by atoms with Crippen molar-refractivity contribution in [1.82, 2.24) is 0 Å². The van der Waals surface area contributed by atoms with Gasteiger partial charge < -0.3 is 10.6 Å². The Kier molecular flexibility index (Phi) is 6.66. The van der Waals surface area contributed by atoms with E-state index in [0.717, 1.165) is 16.0 Å².